The molecule has 2 fully saturated rings. The van der Waals surface area contributed by atoms with Crippen LogP contribution < -0.4 is 0 Å². The highest BCUT2D eigenvalue weighted by atomic mass is 16.8. The van der Waals surface area contributed by atoms with Crippen molar-refractivity contribution in [2.75, 3.05) is 13.2 Å². The van der Waals surface area contributed by atoms with Crippen LogP contribution in [0, 0.1) is 0 Å². The summed E-state index contributed by atoms with van der Waals surface area (Å²) in [4.78, 5) is 100. The van der Waals surface area contributed by atoms with Crippen molar-refractivity contribution in [1.29, 1.82) is 0 Å². The predicted octanol–water partition coefficient (Wildman–Crippen LogP) is 1.47. The van der Waals surface area contributed by atoms with Gasteiger partial charge in [0.25, 0.3) is 0 Å². The molecule has 0 radical (unpaired) electrons. The van der Waals surface area contributed by atoms with Crippen LogP contribution in [0.4, 0.5) is 0 Å². The van der Waals surface area contributed by atoms with Crippen LogP contribution in [0.25, 0.3) is 0 Å². The van der Waals surface area contributed by atoms with E-state index in [0.29, 0.717) is 84.9 Å². The second kappa shape index (κ2) is 28.0. The maximum absolute atomic E-state index is 14.7. The van der Waals surface area contributed by atoms with E-state index in [1.54, 1.807) is 0 Å². The third-order valence-corrected chi connectivity index (χ3v) is 14.6. The number of ether oxygens (including phenoxy) is 10. The molecule has 0 bridgehead atoms. The molecule has 0 amide bonds. The number of aliphatic hydroxyl groups excluding tert-OH is 1. The van der Waals surface area contributed by atoms with Gasteiger partial charge in [-0.1, -0.05) is 0 Å². The van der Waals surface area contributed by atoms with Crippen LogP contribution in [-0.2, 0) is 47.4 Å². The largest absolute Gasteiger partial charge is 0.504 e. The molecule has 2 aliphatic rings. The van der Waals surface area contributed by atoms with Crippen molar-refractivity contribution in [3.05, 3.63) is 124 Å². The number of phenolic OH excluding ortho intramolecular Hbond substituents is 21. The van der Waals surface area contributed by atoms with Gasteiger partial charge in [0, 0.05) is 0 Å². The highest BCUT2D eigenvalue weighted by Gasteiger charge is 2.58. The minimum absolute atomic E-state index is 0.414. The number of esters is 7. The monoisotopic (exact) mass is 1410 g/mol. The lowest BCUT2D eigenvalue weighted by atomic mass is 9.95. The number of phenols is 21. The summed E-state index contributed by atoms with van der Waals surface area (Å²) >= 11 is 0. The van der Waals surface area contributed by atoms with Gasteiger partial charge >= 0.3 is 41.8 Å². The minimum atomic E-state index is -2.97. The summed E-state index contributed by atoms with van der Waals surface area (Å²) in [5, 5.41) is 229. The molecule has 0 unspecified atom stereocenters. The van der Waals surface area contributed by atoms with E-state index in [1.165, 1.54) is 0 Å². The summed E-state index contributed by atoms with van der Waals surface area (Å²) in [5.41, 5.74) is -6.50. The van der Waals surface area contributed by atoms with Gasteiger partial charge in [0.15, 0.2) is 164 Å². The van der Waals surface area contributed by atoms with E-state index in [2.05, 4.69) is 0 Å². The van der Waals surface area contributed by atoms with Crippen LogP contribution in [0.5, 0.6) is 121 Å². The molecule has 2 heterocycles. The van der Waals surface area contributed by atoms with E-state index in [-0.39, 0.29) is 0 Å². The Morgan fingerprint density at radius 3 is 0.720 bits per heavy atom. The molecule has 9 rings (SSSR count). The fraction of sp³-hybridized carbons (Fsp3) is 0.197. The van der Waals surface area contributed by atoms with Gasteiger partial charge in [-0.3, -0.25) is 0 Å². The lowest BCUT2D eigenvalue weighted by molar-refractivity contribution is -0.352. The Kier molecular flexibility index (Phi) is 19.8. The average Bonchev–Trinajstić information content (AvgIpc) is 0.766. The zero-order valence-corrected chi connectivity index (χ0v) is 49.5. The molecule has 7 aromatic rings. The topological polar surface area (TPSA) is 657 Å². The Balaban J connectivity index is 1.28. The van der Waals surface area contributed by atoms with E-state index in [4.69, 9.17) is 47.4 Å². The third-order valence-electron chi connectivity index (χ3n) is 14.6. The highest BCUT2D eigenvalue weighted by molar-refractivity contribution is 5.95. The highest BCUT2D eigenvalue weighted by Crippen LogP contribution is 2.45. The number of carbonyl (C=O) groups excluding carboxylic acids is 7. The van der Waals surface area contributed by atoms with Crippen molar-refractivity contribution >= 4 is 41.8 Å². The first kappa shape index (κ1) is 70.8. The first-order valence-electron chi connectivity index (χ1n) is 27.8. The Morgan fingerprint density at radius 2 is 0.460 bits per heavy atom. The van der Waals surface area contributed by atoms with Gasteiger partial charge < -0.3 is 160 Å². The van der Waals surface area contributed by atoms with Crippen molar-refractivity contribution in [3.63, 3.8) is 0 Å². The fourth-order valence-electron chi connectivity index (χ4n) is 9.63. The summed E-state index contributed by atoms with van der Waals surface area (Å²) in [6, 6.07) is 6.48. The van der Waals surface area contributed by atoms with Crippen LogP contribution in [0.3, 0.4) is 0 Å². The molecular formula is C61H50O39. The number of carbonyl (C=O) groups is 7. The van der Waals surface area contributed by atoms with Gasteiger partial charge in [0.1, 0.15) is 31.5 Å². The van der Waals surface area contributed by atoms with Crippen LogP contribution in [0.2, 0.25) is 0 Å². The van der Waals surface area contributed by atoms with Crippen LogP contribution in [-0.4, -0.2) is 229 Å². The van der Waals surface area contributed by atoms with Crippen LogP contribution in [0.1, 0.15) is 72.5 Å². The number of aliphatic hydroxyl groups is 1. The average molecular weight is 1410 g/mol. The number of hydrogen-bond donors (Lipinski definition) is 22. The summed E-state index contributed by atoms with van der Waals surface area (Å²) in [7, 11) is 0. The summed E-state index contributed by atoms with van der Waals surface area (Å²) in [5.74, 6) is -38.0. The summed E-state index contributed by atoms with van der Waals surface area (Å²) in [6.07, 6.45) is -27.6. The first-order chi connectivity index (χ1) is 47.0. The molecule has 2 saturated heterocycles. The summed E-state index contributed by atoms with van der Waals surface area (Å²) in [6.45, 7) is -2.99. The van der Waals surface area contributed by atoms with Gasteiger partial charge in [0.05, 0.1) is 38.9 Å². The van der Waals surface area contributed by atoms with Crippen LogP contribution in [0.15, 0.2) is 84.9 Å². The zero-order chi connectivity index (χ0) is 73.4. The van der Waals surface area contributed by atoms with Crippen molar-refractivity contribution in [3.8, 4) is 121 Å². The van der Waals surface area contributed by atoms with Crippen molar-refractivity contribution in [2.24, 2.45) is 0 Å². The van der Waals surface area contributed by atoms with Gasteiger partial charge in [-0.25, -0.2) is 33.6 Å². The molecule has 100 heavy (non-hydrogen) atoms. The molecule has 10 atom stereocenters. The van der Waals surface area contributed by atoms with E-state index >= 15 is 0 Å². The molecule has 7 aromatic carbocycles. The molecular weight excluding hydrogens is 1360 g/mol. The lowest BCUT2D eigenvalue weighted by Gasteiger charge is -2.48. The smallest absolute Gasteiger partial charge is 0.339 e. The second-order valence-electron chi connectivity index (χ2n) is 21.3. The molecule has 0 aromatic heterocycles. The Bertz CT molecular complexity index is 4290. The van der Waals surface area contributed by atoms with Gasteiger partial charge in [-0.2, -0.15) is 0 Å². The van der Waals surface area contributed by atoms with Crippen molar-refractivity contribution in [2.45, 2.75) is 61.4 Å². The Labute approximate surface area is 552 Å². The SMILES string of the molecule is O=C(OC[C@H]1O[C@H](O)[C@H](OC(=O)c2cc(O)c(O)c(O)c2)[C@@H](OC(=O)c2cc(O)c(O)c(O)c2)[C@@H]1O[C@H]1O[C@H](COC(=O)c2cc(O)c(O)c(O)c2)[C@@H](OC(=O)c2cc(O)c(O)c(O)c2)[C@H](OC(=O)c2cc(O)c(O)c(O)c2)[C@H]1OC(=O)c1cc(O)c(O)c(O)c1)c1cc(O)c(O)c(O)c1. The van der Waals surface area contributed by atoms with E-state index in [1.807, 2.05) is 0 Å². The number of rotatable bonds is 18. The fourth-order valence-corrected chi connectivity index (χ4v) is 9.63. The number of aromatic hydroxyl groups is 21. The second-order valence-corrected chi connectivity index (χ2v) is 21.3. The quantitative estimate of drug-likeness (QED) is 0.0329. The van der Waals surface area contributed by atoms with Gasteiger partial charge in [-0.15, -0.1) is 0 Å². The molecule has 0 aliphatic carbocycles. The Morgan fingerprint density at radius 1 is 0.260 bits per heavy atom. The van der Waals surface area contributed by atoms with Gasteiger partial charge in [-0.05, 0) is 84.9 Å². The minimum Gasteiger partial charge on any atom is -0.504 e. The van der Waals surface area contributed by atoms with Crippen LogP contribution >= 0.6 is 0 Å². The van der Waals surface area contributed by atoms with Gasteiger partial charge in [0.2, 0.25) is 0 Å². The predicted molar refractivity (Wildman–Crippen MR) is 311 cm³/mol. The molecule has 0 spiro atoms. The van der Waals surface area contributed by atoms with Crippen molar-refractivity contribution in [1.82, 2.24) is 0 Å². The molecule has 39 heteroatoms. The summed E-state index contributed by atoms with van der Waals surface area (Å²) < 4.78 is 57.9. The van der Waals surface area contributed by atoms with E-state index < -0.39 is 276 Å². The lowest BCUT2D eigenvalue weighted by Crippen LogP contribution is -2.67. The molecule has 528 valence electrons. The van der Waals surface area contributed by atoms with E-state index in [9.17, 15) is 146 Å². The molecule has 22 N–H and O–H groups in total. The van der Waals surface area contributed by atoms with E-state index in [0.717, 1.165) is 0 Å². The molecule has 0 saturated carbocycles. The molecule has 39 nitrogen and oxygen atoms in total. The maximum atomic E-state index is 14.7. The maximum Gasteiger partial charge on any atom is 0.339 e. The first-order valence-corrected chi connectivity index (χ1v) is 27.8. The van der Waals surface area contributed by atoms with Crippen molar-refractivity contribution < 1.29 is 193 Å². The normalized spacial score (nSPS) is 20.2. The Hall–Kier alpha value is -13.5. The third kappa shape index (κ3) is 14.6. The number of benzene rings is 7. The standard InChI is InChI=1S/C61H50O39/c62-24-1-17(2-25(63)40(24)76)53(83)91-15-38-48(49(96-56(86)20-7-30(68)43(79)31(69)8-20)51(60(90)93-38)98-58(88)22-11-34(72)45(81)35(73)12-22)100-61-52(99-59(89)23-13-36(74)46(82)37(75)14-23)50(97-57(87)21-9-32(70)44(80)33(71)10-21)47(95-55(85)19-5-28(66)42(78)29(67)6-19)39(94-61)16-92-54(84)18-3-26(64)41(77)27(65)4-18/h1-14,38-39,47-52,60-82,90H,15-16H2/t38-,39-,47-,48-,49+,50+,51-,52-,60+,61-/m1/s1. The zero-order valence-electron chi connectivity index (χ0n) is 49.5. The number of hydrogen-bond acceptors (Lipinski definition) is 39. The molecule has 2 aliphatic heterocycles.